The van der Waals surface area contributed by atoms with E-state index in [1.165, 1.54) is 5.56 Å². The van der Waals surface area contributed by atoms with Crippen LogP contribution in [0.15, 0.2) is 18.2 Å². The highest BCUT2D eigenvalue weighted by atomic mass is 16.5. The van der Waals surface area contributed by atoms with Crippen LogP contribution in [0, 0.1) is 0 Å². The molecule has 0 aromatic heterocycles. The molecule has 0 spiro atoms. The van der Waals surface area contributed by atoms with Gasteiger partial charge in [0.2, 0.25) is 0 Å². The summed E-state index contributed by atoms with van der Waals surface area (Å²) in [5.41, 5.74) is 7.35. The molecule has 0 atom stereocenters. The third-order valence-electron chi connectivity index (χ3n) is 4.31. The molecule has 0 aliphatic carbocycles. The molecule has 1 fully saturated rings. The van der Waals surface area contributed by atoms with Crippen molar-refractivity contribution in [3.05, 3.63) is 23.8 Å². The van der Waals surface area contributed by atoms with E-state index in [0.717, 1.165) is 37.4 Å². The normalized spacial score (nSPS) is 19.2. The summed E-state index contributed by atoms with van der Waals surface area (Å²) in [5, 5.41) is 0. The number of nitrogens with zero attached hydrogens (tertiary/aromatic N) is 1. The van der Waals surface area contributed by atoms with Crippen molar-refractivity contribution in [2.24, 2.45) is 5.73 Å². The average Bonchev–Trinajstić information content (AvgIpc) is 2.48. The summed E-state index contributed by atoms with van der Waals surface area (Å²) in [6.07, 6.45) is 2.14. The number of hydrogen-bond acceptors (Lipinski definition) is 4. The number of benzene rings is 1. The van der Waals surface area contributed by atoms with Gasteiger partial charge in [0.1, 0.15) is 11.5 Å². The zero-order valence-corrected chi connectivity index (χ0v) is 12.1. The predicted molar refractivity (Wildman–Crippen MR) is 77.0 cm³/mol. The molecule has 2 N–H and O–H groups in total. The van der Waals surface area contributed by atoms with Gasteiger partial charge in [0, 0.05) is 23.6 Å². The Bertz CT molecular complexity index is 426. The van der Waals surface area contributed by atoms with Crippen LogP contribution in [0.1, 0.15) is 18.4 Å². The minimum atomic E-state index is 0.0319. The van der Waals surface area contributed by atoms with Crippen molar-refractivity contribution in [1.82, 2.24) is 4.90 Å². The molecule has 2 rings (SSSR count). The summed E-state index contributed by atoms with van der Waals surface area (Å²) in [6, 6.07) is 6.05. The van der Waals surface area contributed by atoms with Gasteiger partial charge in [0.15, 0.2) is 0 Å². The quantitative estimate of drug-likeness (QED) is 0.898. The highest BCUT2D eigenvalue weighted by molar-refractivity contribution is 5.45. The number of rotatable bonds is 4. The fourth-order valence-corrected chi connectivity index (χ4v) is 2.87. The first kappa shape index (κ1) is 14.2. The van der Waals surface area contributed by atoms with Crippen LogP contribution in [0.3, 0.4) is 0 Å². The van der Waals surface area contributed by atoms with Crippen LogP contribution in [-0.4, -0.2) is 45.8 Å². The van der Waals surface area contributed by atoms with E-state index in [1.54, 1.807) is 14.2 Å². The second kappa shape index (κ2) is 5.80. The highest BCUT2D eigenvalue weighted by Crippen LogP contribution is 2.40. The second-order valence-corrected chi connectivity index (χ2v) is 5.35. The lowest BCUT2D eigenvalue weighted by Crippen LogP contribution is -2.45. The van der Waals surface area contributed by atoms with Gasteiger partial charge in [-0.05, 0) is 39.0 Å². The molecule has 4 heteroatoms. The fraction of sp³-hybridized carbons (Fsp3) is 0.600. The van der Waals surface area contributed by atoms with Crippen LogP contribution < -0.4 is 15.2 Å². The summed E-state index contributed by atoms with van der Waals surface area (Å²) in [5.74, 6) is 1.70. The number of nitrogens with two attached hydrogens (primary N) is 1. The number of likely N-dealkylation sites (tertiary alicyclic amines) is 1. The molecule has 19 heavy (non-hydrogen) atoms. The van der Waals surface area contributed by atoms with Crippen molar-refractivity contribution in [2.75, 3.05) is 40.9 Å². The zero-order valence-electron chi connectivity index (χ0n) is 12.1. The first-order chi connectivity index (χ1) is 9.15. The van der Waals surface area contributed by atoms with Crippen molar-refractivity contribution >= 4 is 0 Å². The summed E-state index contributed by atoms with van der Waals surface area (Å²) in [4.78, 5) is 2.35. The number of methoxy groups -OCH3 is 2. The molecule has 1 saturated heterocycles. The predicted octanol–water partition coefficient (Wildman–Crippen LogP) is 1.63. The van der Waals surface area contributed by atoms with Gasteiger partial charge >= 0.3 is 0 Å². The van der Waals surface area contributed by atoms with Crippen molar-refractivity contribution in [1.29, 1.82) is 0 Å². The van der Waals surface area contributed by atoms with Crippen LogP contribution in [0.25, 0.3) is 0 Å². The number of hydrogen-bond donors (Lipinski definition) is 1. The molecule has 4 nitrogen and oxygen atoms in total. The van der Waals surface area contributed by atoms with E-state index in [2.05, 4.69) is 18.0 Å². The van der Waals surface area contributed by atoms with Crippen LogP contribution in [0.2, 0.25) is 0 Å². The average molecular weight is 264 g/mol. The van der Waals surface area contributed by atoms with Crippen molar-refractivity contribution in [3.8, 4) is 11.5 Å². The molecule has 0 saturated carbocycles. The van der Waals surface area contributed by atoms with Gasteiger partial charge in [-0.2, -0.15) is 0 Å². The fourth-order valence-electron chi connectivity index (χ4n) is 2.87. The topological polar surface area (TPSA) is 47.7 Å². The molecule has 1 heterocycles. The summed E-state index contributed by atoms with van der Waals surface area (Å²) >= 11 is 0. The zero-order chi connectivity index (χ0) is 13.9. The Morgan fingerprint density at radius 1 is 1.21 bits per heavy atom. The van der Waals surface area contributed by atoms with Crippen LogP contribution in [-0.2, 0) is 5.41 Å². The van der Waals surface area contributed by atoms with Gasteiger partial charge in [-0.15, -0.1) is 0 Å². The lowest BCUT2D eigenvalue weighted by molar-refractivity contribution is 0.188. The third kappa shape index (κ3) is 2.69. The van der Waals surface area contributed by atoms with Crippen LogP contribution in [0.5, 0.6) is 11.5 Å². The molecule has 0 unspecified atom stereocenters. The number of ether oxygens (including phenoxy) is 2. The van der Waals surface area contributed by atoms with Crippen molar-refractivity contribution in [2.45, 2.75) is 18.3 Å². The van der Waals surface area contributed by atoms with Gasteiger partial charge in [0.05, 0.1) is 14.2 Å². The maximum absolute atomic E-state index is 6.10. The smallest absolute Gasteiger partial charge is 0.126 e. The van der Waals surface area contributed by atoms with E-state index in [4.69, 9.17) is 15.2 Å². The van der Waals surface area contributed by atoms with Crippen LogP contribution in [0.4, 0.5) is 0 Å². The Balaban J connectivity index is 2.37. The van der Waals surface area contributed by atoms with E-state index in [0.29, 0.717) is 6.54 Å². The molecular formula is C15H24N2O2. The summed E-state index contributed by atoms with van der Waals surface area (Å²) in [7, 11) is 5.53. The highest BCUT2D eigenvalue weighted by Gasteiger charge is 2.36. The van der Waals surface area contributed by atoms with E-state index in [-0.39, 0.29) is 5.41 Å². The van der Waals surface area contributed by atoms with E-state index < -0.39 is 0 Å². The minimum absolute atomic E-state index is 0.0319. The first-order valence-electron chi connectivity index (χ1n) is 6.76. The maximum Gasteiger partial charge on any atom is 0.126 e. The Kier molecular flexibility index (Phi) is 4.32. The molecule has 1 aromatic carbocycles. The van der Waals surface area contributed by atoms with Gasteiger partial charge < -0.3 is 20.1 Å². The standard InChI is InChI=1S/C15H24N2O2/c1-17-8-6-15(11-16,7-9-17)13-5-4-12(18-2)10-14(13)19-3/h4-5,10H,6-9,11,16H2,1-3H3. The van der Waals surface area contributed by atoms with E-state index >= 15 is 0 Å². The molecule has 0 amide bonds. The molecule has 106 valence electrons. The van der Waals surface area contributed by atoms with E-state index in [1.807, 2.05) is 12.1 Å². The molecule has 0 radical (unpaired) electrons. The van der Waals surface area contributed by atoms with Gasteiger partial charge in [0.25, 0.3) is 0 Å². The number of piperidine rings is 1. The van der Waals surface area contributed by atoms with E-state index in [9.17, 15) is 0 Å². The molecule has 0 bridgehead atoms. The SMILES string of the molecule is COc1ccc(C2(CN)CCN(C)CC2)c(OC)c1. The minimum Gasteiger partial charge on any atom is -0.497 e. The Hall–Kier alpha value is -1.26. The lowest BCUT2D eigenvalue weighted by atomic mass is 9.72. The Morgan fingerprint density at radius 2 is 1.89 bits per heavy atom. The molecule has 1 aromatic rings. The lowest BCUT2D eigenvalue weighted by Gasteiger charge is -2.41. The Labute approximate surface area is 115 Å². The van der Waals surface area contributed by atoms with Crippen LogP contribution >= 0.6 is 0 Å². The molecule has 1 aliphatic rings. The largest absolute Gasteiger partial charge is 0.497 e. The van der Waals surface area contributed by atoms with Gasteiger partial charge in [-0.25, -0.2) is 0 Å². The maximum atomic E-state index is 6.10. The van der Waals surface area contributed by atoms with Gasteiger partial charge in [-0.3, -0.25) is 0 Å². The van der Waals surface area contributed by atoms with Crippen molar-refractivity contribution in [3.63, 3.8) is 0 Å². The molecule has 1 aliphatic heterocycles. The first-order valence-corrected chi connectivity index (χ1v) is 6.76. The van der Waals surface area contributed by atoms with Crippen molar-refractivity contribution < 1.29 is 9.47 Å². The third-order valence-corrected chi connectivity index (χ3v) is 4.31. The molecular weight excluding hydrogens is 240 g/mol. The monoisotopic (exact) mass is 264 g/mol. The van der Waals surface area contributed by atoms with Gasteiger partial charge in [-0.1, -0.05) is 6.07 Å². The summed E-state index contributed by atoms with van der Waals surface area (Å²) in [6.45, 7) is 2.81. The summed E-state index contributed by atoms with van der Waals surface area (Å²) < 4.78 is 10.8. The second-order valence-electron chi connectivity index (χ2n) is 5.35. The Morgan fingerprint density at radius 3 is 2.42 bits per heavy atom.